The second kappa shape index (κ2) is 7.71. The third-order valence-corrected chi connectivity index (χ3v) is 5.35. The summed E-state index contributed by atoms with van der Waals surface area (Å²) in [6, 6.07) is 11.0. The van der Waals surface area contributed by atoms with Crippen molar-refractivity contribution in [2.24, 2.45) is 0 Å². The van der Waals surface area contributed by atoms with Gasteiger partial charge in [-0.1, -0.05) is 29.0 Å². The minimum atomic E-state index is -0.444. The van der Waals surface area contributed by atoms with E-state index in [2.05, 4.69) is 21.6 Å². The molecule has 0 radical (unpaired) electrons. The summed E-state index contributed by atoms with van der Waals surface area (Å²) in [5.74, 6) is 0.627. The molecule has 1 aliphatic heterocycles. The van der Waals surface area contributed by atoms with E-state index in [-0.39, 0.29) is 18.3 Å². The number of ketones is 1. The molecule has 1 atom stereocenters. The second-order valence-electron chi connectivity index (χ2n) is 6.92. The van der Waals surface area contributed by atoms with Crippen molar-refractivity contribution in [1.29, 1.82) is 0 Å². The van der Waals surface area contributed by atoms with Gasteiger partial charge in [0.15, 0.2) is 12.4 Å². The van der Waals surface area contributed by atoms with Gasteiger partial charge >= 0.3 is 0 Å². The van der Waals surface area contributed by atoms with Gasteiger partial charge in [-0.05, 0) is 51.1 Å². The van der Waals surface area contributed by atoms with Crippen LogP contribution in [0.4, 0.5) is 5.69 Å². The molecule has 1 aromatic heterocycles. The average molecular weight is 409 g/mol. The summed E-state index contributed by atoms with van der Waals surface area (Å²) in [5.41, 5.74) is 4.05. The Morgan fingerprint density at radius 3 is 2.66 bits per heavy atom. The summed E-state index contributed by atoms with van der Waals surface area (Å²) in [4.78, 5) is 24.3. The first-order valence-corrected chi connectivity index (χ1v) is 9.97. The predicted molar refractivity (Wildman–Crippen MR) is 109 cm³/mol. The van der Waals surface area contributed by atoms with Crippen LogP contribution < -0.4 is 10.1 Å². The molecular formula is C21H19N3O4S. The third kappa shape index (κ3) is 4.17. The van der Waals surface area contributed by atoms with E-state index in [1.165, 1.54) is 11.8 Å². The number of fused-ring (bicyclic) bond motifs is 1. The number of rotatable bonds is 5. The van der Waals surface area contributed by atoms with Crippen LogP contribution in [0.5, 0.6) is 5.75 Å². The standard InChI is InChI=1S/C21H19N3O4S/c1-11-6-12(2)8-15(7-11)20-23-24-21(28-20)29-13(3)19(26)14-4-5-17-16(9-14)22-18(25)10-27-17/h4-9,13H,10H2,1-3H3,(H,22,25)/t13-/m1/s1. The predicted octanol–water partition coefficient (Wildman–Crippen LogP) is 4.05. The van der Waals surface area contributed by atoms with Crippen LogP contribution in [0.2, 0.25) is 0 Å². The van der Waals surface area contributed by atoms with Gasteiger partial charge < -0.3 is 14.5 Å². The molecule has 7 nitrogen and oxygen atoms in total. The Kier molecular flexibility index (Phi) is 5.10. The van der Waals surface area contributed by atoms with Crippen molar-refractivity contribution in [3.8, 4) is 17.2 Å². The summed E-state index contributed by atoms with van der Waals surface area (Å²) in [5, 5.41) is 10.8. The zero-order valence-corrected chi connectivity index (χ0v) is 17.0. The minimum absolute atomic E-state index is 0.0213. The molecule has 0 unspecified atom stereocenters. The van der Waals surface area contributed by atoms with Crippen molar-refractivity contribution in [2.75, 3.05) is 11.9 Å². The molecule has 0 fully saturated rings. The molecule has 4 rings (SSSR count). The molecule has 1 aliphatic rings. The maximum atomic E-state index is 12.8. The molecule has 0 saturated heterocycles. The Morgan fingerprint density at radius 2 is 1.90 bits per heavy atom. The molecular weight excluding hydrogens is 390 g/mol. The quantitative estimate of drug-likeness (QED) is 0.502. The molecule has 0 spiro atoms. The smallest absolute Gasteiger partial charge is 0.277 e. The number of benzene rings is 2. The highest BCUT2D eigenvalue weighted by Gasteiger charge is 2.23. The van der Waals surface area contributed by atoms with Crippen LogP contribution in [0.25, 0.3) is 11.5 Å². The normalized spacial score (nSPS) is 14.0. The first-order valence-electron chi connectivity index (χ1n) is 9.09. The van der Waals surface area contributed by atoms with Gasteiger partial charge in [-0.2, -0.15) is 0 Å². The molecule has 1 N–H and O–H groups in total. The number of nitrogens with zero attached hydrogens (tertiary/aromatic N) is 2. The number of hydrogen-bond acceptors (Lipinski definition) is 7. The number of Topliss-reactive ketones (excluding diaryl/α,β-unsaturated/α-hetero) is 1. The number of carbonyl (C=O) groups is 2. The monoisotopic (exact) mass is 409 g/mol. The molecule has 8 heteroatoms. The van der Waals surface area contributed by atoms with Crippen molar-refractivity contribution in [3.05, 3.63) is 53.1 Å². The lowest BCUT2D eigenvalue weighted by molar-refractivity contribution is -0.118. The van der Waals surface area contributed by atoms with E-state index in [1.807, 2.05) is 26.0 Å². The topological polar surface area (TPSA) is 94.3 Å². The van der Waals surface area contributed by atoms with Crippen LogP contribution >= 0.6 is 11.8 Å². The van der Waals surface area contributed by atoms with E-state index in [0.717, 1.165) is 16.7 Å². The van der Waals surface area contributed by atoms with E-state index in [0.29, 0.717) is 28.1 Å². The van der Waals surface area contributed by atoms with Crippen LogP contribution in [-0.4, -0.2) is 33.7 Å². The molecule has 3 aromatic rings. The van der Waals surface area contributed by atoms with Gasteiger partial charge in [-0.15, -0.1) is 10.2 Å². The van der Waals surface area contributed by atoms with Crippen molar-refractivity contribution < 1.29 is 18.7 Å². The first kappa shape index (κ1) is 19.2. The van der Waals surface area contributed by atoms with Gasteiger partial charge in [0.1, 0.15) is 5.75 Å². The molecule has 2 aromatic carbocycles. The number of amides is 1. The summed E-state index contributed by atoms with van der Waals surface area (Å²) in [6.45, 7) is 5.78. The van der Waals surface area contributed by atoms with E-state index in [1.54, 1.807) is 25.1 Å². The maximum Gasteiger partial charge on any atom is 0.277 e. The van der Waals surface area contributed by atoms with E-state index in [4.69, 9.17) is 9.15 Å². The summed E-state index contributed by atoms with van der Waals surface area (Å²) in [6.07, 6.45) is 0. The van der Waals surface area contributed by atoms with Gasteiger partial charge in [0, 0.05) is 11.1 Å². The fourth-order valence-electron chi connectivity index (χ4n) is 3.15. The number of hydrogen-bond donors (Lipinski definition) is 1. The summed E-state index contributed by atoms with van der Waals surface area (Å²) >= 11 is 1.20. The van der Waals surface area contributed by atoms with Crippen molar-refractivity contribution in [3.63, 3.8) is 0 Å². The number of thioether (sulfide) groups is 1. The molecule has 0 aliphatic carbocycles. The average Bonchev–Trinajstić information content (AvgIpc) is 3.14. The lowest BCUT2D eigenvalue weighted by Crippen LogP contribution is -2.25. The van der Waals surface area contributed by atoms with Crippen LogP contribution in [0.1, 0.15) is 28.4 Å². The third-order valence-electron chi connectivity index (χ3n) is 4.42. The van der Waals surface area contributed by atoms with E-state index in [9.17, 15) is 9.59 Å². The SMILES string of the molecule is Cc1cc(C)cc(-c2nnc(S[C@H](C)C(=O)c3ccc4c(c3)NC(=O)CO4)o2)c1. The van der Waals surface area contributed by atoms with Crippen LogP contribution in [-0.2, 0) is 4.79 Å². The summed E-state index contributed by atoms with van der Waals surface area (Å²) < 4.78 is 11.1. The highest BCUT2D eigenvalue weighted by molar-refractivity contribution is 8.00. The van der Waals surface area contributed by atoms with Gasteiger partial charge in [0.05, 0.1) is 10.9 Å². The molecule has 0 bridgehead atoms. The second-order valence-corrected chi connectivity index (χ2v) is 8.21. The number of ether oxygens (including phenoxy) is 1. The van der Waals surface area contributed by atoms with E-state index >= 15 is 0 Å². The highest BCUT2D eigenvalue weighted by atomic mass is 32.2. The van der Waals surface area contributed by atoms with Gasteiger partial charge in [0.25, 0.3) is 11.1 Å². The zero-order chi connectivity index (χ0) is 20.5. The number of aromatic nitrogens is 2. The molecule has 1 amide bonds. The molecule has 0 saturated carbocycles. The fraction of sp³-hybridized carbons (Fsp3) is 0.238. The maximum absolute atomic E-state index is 12.8. The lowest BCUT2D eigenvalue weighted by Gasteiger charge is -2.18. The minimum Gasteiger partial charge on any atom is -0.482 e. The van der Waals surface area contributed by atoms with Crippen LogP contribution in [0.15, 0.2) is 46.0 Å². The van der Waals surface area contributed by atoms with Gasteiger partial charge in [-0.3, -0.25) is 9.59 Å². The first-order chi connectivity index (χ1) is 13.9. The van der Waals surface area contributed by atoms with Gasteiger partial charge in [-0.25, -0.2) is 0 Å². The van der Waals surface area contributed by atoms with Crippen molar-refractivity contribution in [1.82, 2.24) is 10.2 Å². The van der Waals surface area contributed by atoms with Crippen molar-refractivity contribution in [2.45, 2.75) is 31.2 Å². The summed E-state index contributed by atoms with van der Waals surface area (Å²) in [7, 11) is 0. The molecule has 148 valence electrons. The Labute approximate surface area is 171 Å². The molecule has 2 heterocycles. The number of nitrogens with one attached hydrogen (secondary N) is 1. The Balaban J connectivity index is 1.49. The highest BCUT2D eigenvalue weighted by Crippen LogP contribution is 2.32. The van der Waals surface area contributed by atoms with Crippen LogP contribution in [0.3, 0.4) is 0 Å². The Hall–Kier alpha value is -3.13. The zero-order valence-electron chi connectivity index (χ0n) is 16.2. The van der Waals surface area contributed by atoms with E-state index < -0.39 is 5.25 Å². The number of aryl methyl sites for hydroxylation is 2. The lowest BCUT2D eigenvalue weighted by atomic mass is 10.1. The fourth-order valence-corrected chi connectivity index (χ4v) is 3.91. The van der Waals surface area contributed by atoms with Gasteiger partial charge in [0.2, 0.25) is 5.89 Å². The molecule has 29 heavy (non-hydrogen) atoms. The Morgan fingerprint density at radius 1 is 1.14 bits per heavy atom. The number of carbonyl (C=O) groups excluding carboxylic acids is 2. The Bertz CT molecular complexity index is 1090. The number of anilines is 1. The van der Waals surface area contributed by atoms with Crippen LogP contribution in [0, 0.1) is 13.8 Å². The van der Waals surface area contributed by atoms with Crippen molar-refractivity contribution >= 4 is 29.1 Å². The largest absolute Gasteiger partial charge is 0.482 e.